The van der Waals surface area contributed by atoms with Gasteiger partial charge in [0.05, 0.1) is 18.0 Å². The molecule has 2 rings (SSSR count). The monoisotopic (exact) mass is 325 g/mol. The topological polar surface area (TPSA) is 84.9 Å². The molecule has 0 aromatic rings. The maximum atomic E-state index is 11.6. The Hall–Kier alpha value is -0.720. The van der Waals surface area contributed by atoms with Crippen LogP contribution in [-0.4, -0.2) is 38.6 Å². The second-order valence-electron chi connectivity index (χ2n) is 4.68. The number of carbonyl (C=O) groups excluding carboxylic acids is 1. The smallest absolute Gasteiger partial charge is 0.227 e. The molecule has 0 radical (unpaired) electrons. The molecule has 1 fully saturated rings. The molecule has 19 heavy (non-hydrogen) atoms. The minimum Gasteiger partial charge on any atom is -0.281 e. The van der Waals surface area contributed by atoms with E-state index in [1.54, 1.807) is 6.92 Å². The number of carbonyl (C=O) groups is 1. The van der Waals surface area contributed by atoms with Crippen LogP contribution in [0.2, 0.25) is 0 Å². The number of hydrogen-bond donors (Lipinski definition) is 0. The van der Waals surface area contributed by atoms with Crippen LogP contribution in [0.1, 0.15) is 13.3 Å². The first-order valence-electron chi connectivity index (χ1n) is 5.62. The largest absolute Gasteiger partial charge is 0.281 e. The Labute approximate surface area is 124 Å². The Morgan fingerprint density at radius 3 is 2.47 bits per heavy atom. The highest BCUT2D eigenvalue weighted by molar-refractivity contribution is 7.00. The molecule has 1 aliphatic heterocycles. The fraction of sp³-hybridized carbons (Fsp3) is 0.700. The van der Waals surface area contributed by atoms with Crippen molar-refractivity contribution in [3.8, 4) is 0 Å². The van der Waals surface area contributed by atoms with E-state index in [1.165, 1.54) is 0 Å². The Balaban J connectivity index is 2.40. The van der Waals surface area contributed by atoms with Gasteiger partial charge in [-0.3, -0.25) is 24.9 Å². The van der Waals surface area contributed by atoms with Gasteiger partial charge in [-0.1, -0.05) is 30.1 Å². The van der Waals surface area contributed by atoms with E-state index in [-0.39, 0.29) is 16.8 Å². The average Bonchev–Trinajstić information content (AvgIpc) is 2.29. The number of halogens is 3. The summed E-state index contributed by atoms with van der Waals surface area (Å²) in [5.74, 6) is -1.31. The minimum absolute atomic E-state index is 0.0117. The van der Waals surface area contributed by atoms with Crippen molar-refractivity contribution in [3.05, 3.63) is 10.1 Å². The van der Waals surface area contributed by atoms with Crippen LogP contribution in [0.3, 0.4) is 0 Å². The van der Waals surface area contributed by atoms with E-state index in [0.717, 1.165) is 0 Å². The SMILES string of the molecule is CC1C(C(=O)Cl)C2N=C(Cl)C(Cl)=NC2CC1[N+](=O)[O-]. The first kappa shape index (κ1) is 14.7. The number of rotatable bonds is 2. The van der Waals surface area contributed by atoms with Crippen molar-refractivity contribution in [1.82, 2.24) is 0 Å². The summed E-state index contributed by atoms with van der Waals surface area (Å²) in [5.41, 5.74) is 0. The van der Waals surface area contributed by atoms with Crippen LogP contribution in [0.4, 0.5) is 0 Å². The highest BCUT2D eigenvalue weighted by Gasteiger charge is 2.51. The van der Waals surface area contributed by atoms with Gasteiger partial charge < -0.3 is 0 Å². The lowest BCUT2D eigenvalue weighted by Crippen LogP contribution is -2.53. The summed E-state index contributed by atoms with van der Waals surface area (Å²) >= 11 is 17.2. The fourth-order valence-electron chi connectivity index (χ4n) is 2.69. The van der Waals surface area contributed by atoms with E-state index in [4.69, 9.17) is 34.8 Å². The highest BCUT2D eigenvalue weighted by atomic mass is 35.5. The molecule has 0 N–H and O–H groups in total. The quantitative estimate of drug-likeness (QED) is 0.442. The zero-order chi connectivity index (χ0) is 14.3. The Morgan fingerprint density at radius 1 is 1.37 bits per heavy atom. The molecule has 0 spiro atoms. The molecule has 2 aliphatic rings. The van der Waals surface area contributed by atoms with Crippen LogP contribution in [0.5, 0.6) is 0 Å². The number of aliphatic imine (C=N–C) groups is 2. The van der Waals surface area contributed by atoms with Gasteiger partial charge in [-0.2, -0.15) is 0 Å². The number of nitro groups is 1. The molecule has 5 atom stereocenters. The van der Waals surface area contributed by atoms with Gasteiger partial charge >= 0.3 is 0 Å². The second kappa shape index (κ2) is 5.34. The van der Waals surface area contributed by atoms with E-state index in [2.05, 4.69) is 9.98 Å². The summed E-state index contributed by atoms with van der Waals surface area (Å²) in [6.07, 6.45) is 0.170. The summed E-state index contributed by atoms with van der Waals surface area (Å²) < 4.78 is 0. The summed E-state index contributed by atoms with van der Waals surface area (Å²) in [7, 11) is 0. The normalized spacial score (nSPS) is 38.0. The number of hydrogen-bond acceptors (Lipinski definition) is 5. The predicted octanol–water partition coefficient (Wildman–Crippen LogP) is 2.08. The Kier molecular flexibility index (Phi) is 4.13. The van der Waals surface area contributed by atoms with Crippen LogP contribution in [0.25, 0.3) is 0 Å². The maximum absolute atomic E-state index is 11.6. The molecule has 0 bridgehead atoms. The Morgan fingerprint density at radius 2 is 1.95 bits per heavy atom. The lowest BCUT2D eigenvalue weighted by molar-refractivity contribution is -0.537. The van der Waals surface area contributed by atoms with Crippen molar-refractivity contribution < 1.29 is 9.72 Å². The van der Waals surface area contributed by atoms with Gasteiger partial charge in [0.15, 0.2) is 10.3 Å². The summed E-state index contributed by atoms with van der Waals surface area (Å²) in [6, 6.07) is -2.00. The third-order valence-corrected chi connectivity index (χ3v) is 4.57. The predicted molar refractivity (Wildman–Crippen MR) is 73.1 cm³/mol. The van der Waals surface area contributed by atoms with Crippen molar-refractivity contribution in [2.24, 2.45) is 21.8 Å². The first-order chi connectivity index (χ1) is 8.82. The van der Waals surface area contributed by atoms with Gasteiger partial charge in [0.1, 0.15) is 0 Å². The van der Waals surface area contributed by atoms with Crippen molar-refractivity contribution in [1.29, 1.82) is 0 Å². The van der Waals surface area contributed by atoms with Gasteiger partial charge in [-0.25, -0.2) is 0 Å². The maximum Gasteiger partial charge on any atom is 0.227 e. The molecular weight excluding hydrogens is 316 g/mol. The van der Waals surface area contributed by atoms with Crippen LogP contribution < -0.4 is 0 Å². The zero-order valence-corrected chi connectivity index (χ0v) is 12.1. The summed E-state index contributed by atoms with van der Waals surface area (Å²) in [4.78, 5) is 30.4. The van der Waals surface area contributed by atoms with Gasteiger partial charge in [0.2, 0.25) is 11.3 Å². The molecule has 1 heterocycles. The van der Waals surface area contributed by atoms with Crippen LogP contribution >= 0.6 is 34.8 Å². The minimum atomic E-state index is -0.894. The molecule has 0 saturated heterocycles. The van der Waals surface area contributed by atoms with Gasteiger partial charge in [0.25, 0.3) is 0 Å². The molecule has 5 unspecified atom stereocenters. The van der Waals surface area contributed by atoms with Crippen LogP contribution in [0, 0.1) is 22.0 Å². The van der Waals surface area contributed by atoms with Crippen LogP contribution in [-0.2, 0) is 4.79 Å². The standard InChI is InChI=1S/C10H10Cl3N3O3/c1-3-5(16(18)19)2-4-7(6(3)10(13)17)15-9(12)8(11)14-4/h3-7H,2H2,1H3. The van der Waals surface area contributed by atoms with Crippen molar-refractivity contribution in [3.63, 3.8) is 0 Å². The molecule has 6 nitrogen and oxygen atoms in total. The number of fused-ring (bicyclic) bond motifs is 1. The number of nitrogens with zero attached hydrogens (tertiary/aromatic N) is 3. The van der Waals surface area contributed by atoms with E-state index in [1.807, 2.05) is 0 Å². The summed E-state index contributed by atoms with van der Waals surface area (Å²) in [6.45, 7) is 1.62. The highest BCUT2D eigenvalue weighted by Crippen LogP contribution is 2.38. The molecule has 0 amide bonds. The third kappa shape index (κ3) is 2.61. The van der Waals surface area contributed by atoms with Crippen LogP contribution in [0.15, 0.2) is 9.98 Å². The fourth-order valence-corrected chi connectivity index (χ4v) is 3.35. The molecule has 0 aromatic heterocycles. The lowest BCUT2D eigenvalue weighted by atomic mass is 9.72. The molecule has 1 saturated carbocycles. The Bertz CT molecular complexity index is 494. The lowest BCUT2D eigenvalue weighted by Gasteiger charge is -2.38. The van der Waals surface area contributed by atoms with Crippen molar-refractivity contribution >= 4 is 50.4 Å². The molecule has 0 aromatic carbocycles. The third-order valence-electron chi connectivity index (χ3n) is 3.66. The van der Waals surface area contributed by atoms with E-state index in [9.17, 15) is 14.9 Å². The molecular formula is C10H10Cl3N3O3. The molecule has 1 aliphatic carbocycles. The van der Waals surface area contributed by atoms with E-state index < -0.39 is 40.1 Å². The van der Waals surface area contributed by atoms with Crippen molar-refractivity contribution in [2.45, 2.75) is 31.5 Å². The van der Waals surface area contributed by atoms with Gasteiger partial charge in [0, 0.05) is 17.3 Å². The average molecular weight is 327 g/mol. The van der Waals surface area contributed by atoms with Crippen molar-refractivity contribution in [2.75, 3.05) is 0 Å². The first-order valence-corrected chi connectivity index (χ1v) is 6.76. The van der Waals surface area contributed by atoms with E-state index >= 15 is 0 Å². The second-order valence-corrected chi connectivity index (χ2v) is 5.76. The van der Waals surface area contributed by atoms with E-state index in [0.29, 0.717) is 0 Å². The molecule has 104 valence electrons. The molecule has 9 heteroatoms. The van der Waals surface area contributed by atoms with Gasteiger partial charge in [-0.15, -0.1) is 0 Å². The zero-order valence-electron chi connectivity index (χ0n) is 9.79. The summed E-state index contributed by atoms with van der Waals surface area (Å²) in [5, 5.41) is 10.4. The van der Waals surface area contributed by atoms with Gasteiger partial charge in [-0.05, 0) is 11.6 Å².